The second kappa shape index (κ2) is 6.63. The average molecular weight is 289 g/mol. The van der Waals surface area contributed by atoms with Gasteiger partial charge in [-0.25, -0.2) is 0 Å². The molecular weight excluding hydrogens is 274 g/mol. The second-order valence-corrected chi connectivity index (χ2v) is 4.84. The minimum Gasteiger partial charge on any atom is -0.410 e. The van der Waals surface area contributed by atoms with Crippen molar-refractivity contribution in [3.05, 3.63) is 95.6 Å². The summed E-state index contributed by atoms with van der Waals surface area (Å²) in [5.41, 5.74) is 4.29. The maximum atomic E-state index is 9.48. The molecule has 0 saturated carbocycles. The summed E-state index contributed by atoms with van der Waals surface area (Å²) in [6.45, 7) is 0. The molecule has 4 heteroatoms. The highest BCUT2D eigenvalue weighted by Crippen LogP contribution is 2.18. The van der Waals surface area contributed by atoms with Crippen LogP contribution in [0.3, 0.4) is 0 Å². The van der Waals surface area contributed by atoms with Crippen LogP contribution >= 0.6 is 0 Å². The normalized spacial score (nSPS) is 11.4. The third kappa shape index (κ3) is 3.01. The lowest BCUT2D eigenvalue weighted by Crippen LogP contribution is -2.08. The second-order valence-electron chi connectivity index (χ2n) is 4.84. The van der Waals surface area contributed by atoms with Gasteiger partial charge in [-0.2, -0.15) is 0 Å². The van der Waals surface area contributed by atoms with Gasteiger partial charge in [0, 0.05) is 41.8 Å². The van der Waals surface area contributed by atoms with Crippen LogP contribution in [-0.2, 0) is 6.42 Å². The first-order chi connectivity index (χ1) is 10.9. The Balaban J connectivity index is 2.01. The van der Waals surface area contributed by atoms with Gasteiger partial charge in [0.2, 0.25) is 0 Å². The van der Waals surface area contributed by atoms with E-state index in [1.165, 1.54) is 0 Å². The molecule has 3 aromatic rings. The van der Waals surface area contributed by atoms with Gasteiger partial charge in [-0.1, -0.05) is 35.5 Å². The minimum atomic E-state index is 0.536. The predicted molar refractivity (Wildman–Crippen MR) is 85.1 cm³/mol. The monoisotopic (exact) mass is 289 g/mol. The fraction of sp³-hybridized carbons (Fsp3) is 0.0556. The zero-order valence-corrected chi connectivity index (χ0v) is 11.9. The molecule has 0 amide bonds. The van der Waals surface area contributed by atoms with Crippen LogP contribution in [0.1, 0.15) is 22.4 Å². The lowest BCUT2D eigenvalue weighted by atomic mass is 9.95. The van der Waals surface area contributed by atoms with E-state index >= 15 is 0 Å². The summed E-state index contributed by atoms with van der Waals surface area (Å²) in [7, 11) is 0. The Labute approximate surface area is 128 Å². The highest BCUT2D eigenvalue weighted by Gasteiger charge is 2.12. The molecule has 0 unspecified atom stereocenters. The SMILES string of the molecule is ON=C(c1ccncc1)c1ccccc1Cc1ccccn1. The van der Waals surface area contributed by atoms with Crippen LogP contribution in [0.25, 0.3) is 0 Å². The zero-order chi connectivity index (χ0) is 15.2. The van der Waals surface area contributed by atoms with Crippen LogP contribution in [-0.4, -0.2) is 20.9 Å². The summed E-state index contributed by atoms with van der Waals surface area (Å²) in [5, 5.41) is 13.0. The molecule has 0 aliphatic rings. The van der Waals surface area contributed by atoms with E-state index in [2.05, 4.69) is 15.1 Å². The Morgan fingerprint density at radius 2 is 1.68 bits per heavy atom. The Kier molecular flexibility index (Phi) is 4.20. The van der Waals surface area contributed by atoms with Crippen molar-refractivity contribution in [1.29, 1.82) is 0 Å². The van der Waals surface area contributed by atoms with E-state index in [4.69, 9.17) is 0 Å². The van der Waals surface area contributed by atoms with E-state index in [0.717, 1.165) is 22.4 Å². The quantitative estimate of drug-likeness (QED) is 0.455. The van der Waals surface area contributed by atoms with Crippen molar-refractivity contribution in [1.82, 2.24) is 9.97 Å². The fourth-order valence-electron chi connectivity index (χ4n) is 2.38. The number of nitrogens with zero attached hydrogens (tertiary/aromatic N) is 3. The summed E-state index contributed by atoms with van der Waals surface area (Å²) in [4.78, 5) is 8.36. The van der Waals surface area contributed by atoms with Gasteiger partial charge in [0.05, 0.1) is 0 Å². The maximum absolute atomic E-state index is 9.48. The van der Waals surface area contributed by atoms with Gasteiger partial charge >= 0.3 is 0 Å². The number of rotatable bonds is 4. The van der Waals surface area contributed by atoms with Gasteiger partial charge in [0.15, 0.2) is 0 Å². The van der Waals surface area contributed by atoms with Crippen molar-refractivity contribution in [3.8, 4) is 0 Å². The Hall–Kier alpha value is -3.01. The third-order valence-electron chi connectivity index (χ3n) is 3.42. The molecule has 2 aromatic heterocycles. The molecule has 4 nitrogen and oxygen atoms in total. The van der Waals surface area contributed by atoms with E-state index in [0.29, 0.717) is 12.1 Å². The van der Waals surface area contributed by atoms with Crippen molar-refractivity contribution in [2.75, 3.05) is 0 Å². The molecule has 0 aliphatic heterocycles. The smallest absolute Gasteiger partial charge is 0.117 e. The summed E-state index contributed by atoms with van der Waals surface area (Å²) in [5.74, 6) is 0. The van der Waals surface area contributed by atoms with Crippen molar-refractivity contribution >= 4 is 5.71 Å². The summed E-state index contributed by atoms with van der Waals surface area (Å²) < 4.78 is 0. The molecule has 0 aliphatic carbocycles. The van der Waals surface area contributed by atoms with E-state index < -0.39 is 0 Å². The number of aromatic nitrogens is 2. The van der Waals surface area contributed by atoms with E-state index in [1.807, 2.05) is 54.6 Å². The van der Waals surface area contributed by atoms with Crippen LogP contribution < -0.4 is 0 Å². The first-order valence-corrected chi connectivity index (χ1v) is 6.99. The topological polar surface area (TPSA) is 58.4 Å². The molecule has 0 saturated heterocycles. The number of oxime groups is 1. The van der Waals surface area contributed by atoms with Gasteiger partial charge in [-0.3, -0.25) is 9.97 Å². The molecule has 0 fully saturated rings. The standard InChI is InChI=1S/C18H15N3O/c22-21-18(14-8-11-19-12-9-14)17-7-2-1-5-15(17)13-16-6-3-4-10-20-16/h1-12,22H,13H2. The maximum Gasteiger partial charge on any atom is 0.117 e. The van der Waals surface area contributed by atoms with E-state index in [1.54, 1.807) is 18.6 Å². The van der Waals surface area contributed by atoms with Gasteiger partial charge in [-0.15, -0.1) is 0 Å². The van der Waals surface area contributed by atoms with Gasteiger partial charge < -0.3 is 5.21 Å². The molecular formula is C18H15N3O. The van der Waals surface area contributed by atoms with Crippen LogP contribution in [0.2, 0.25) is 0 Å². The number of benzene rings is 1. The lowest BCUT2D eigenvalue weighted by Gasteiger charge is -2.11. The average Bonchev–Trinajstić information content (AvgIpc) is 2.59. The Morgan fingerprint density at radius 1 is 0.909 bits per heavy atom. The fourth-order valence-corrected chi connectivity index (χ4v) is 2.38. The van der Waals surface area contributed by atoms with Crippen molar-refractivity contribution in [2.24, 2.45) is 5.16 Å². The Bertz CT molecular complexity index is 771. The first-order valence-electron chi connectivity index (χ1n) is 6.99. The lowest BCUT2D eigenvalue weighted by molar-refractivity contribution is 0.319. The van der Waals surface area contributed by atoms with Gasteiger partial charge in [0.1, 0.15) is 5.71 Å². The van der Waals surface area contributed by atoms with Crippen LogP contribution in [0.4, 0.5) is 0 Å². The summed E-state index contributed by atoms with van der Waals surface area (Å²) >= 11 is 0. The van der Waals surface area contributed by atoms with Gasteiger partial charge in [0.25, 0.3) is 0 Å². The molecule has 0 bridgehead atoms. The van der Waals surface area contributed by atoms with E-state index in [-0.39, 0.29) is 0 Å². The number of hydrogen-bond acceptors (Lipinski definition) is 4. The van der Waals surface area contributed by atoms with E-state index in [9.17, 15) is 5.21 Å². The number of pyridine rings is 2. The highest BCUT2D eigenvalue weighted by molar-refractivity contribution is 6.13. The molecule has 22 heavy (non-hydrogen) atoms. The predicted octanol–water partition coefficient (Wildman–Crippen LogP) is 3.29. The van der Waals surface area contributed by atoms with Crippen molar-refractivity contribution in [3.63, 3.8) is 0 Å². The molecule has 108 valence electrons. The van der Waals surface area contributed by atoms with Crippen LogP contribution in [0, 0.1) is 0 Å². The summed E-state index contributed by atoms with van der Waals surface area (Å²) in [6, 6.07) is 17.4. The van der Waals surface area contributed by atoms with Crippen LogP contribution in [0.5, 0.6) is 0 Å². The minimum absolute atomic E-state index is 0.536. The molecule has 0 atom stereocenters. The first kappa shape index (κ1) is 13.9. The third-order valence-corrected chi connectivity index (χ3v) is 3.42. The highest BCUT2D eigenvalue weighted by atomic mass is 16.4. The molecule has 1 aromatic carbocycles. The van der Waals surface area contributed by atoms with Crippen molar-refractivity contribution < 1.29 is 5.21 Å². The zero-order valence-electron chi connectivity index (χ0n) is 11.9. The molecule has 2 heterocycles. The summed E-state index contributed by atoms with van der Waals surface area (Å²) in [6.07, 6.45) is 5.83. The van der Waals surface area contributed by atoms with Crippen LogP contribution in [0.15, 0.2) is 78.3 Å². The van der Waals surface area contributed by atoms with Gasteiger partial charge in [-0.05, 0) is 29.8 Å². The molecule has 0 spiro atoms. The molecule has 3 rings (SSSR count). The number of hydrogen-bond donors (Lipinski definition) is 1. The largest absolute Gasteiger partial charge is 0.410 e. The molecule has 0 radical (unpaired) electrons. The Morgan fingerprint density at radius 3 is 2.41 bits per heavy atom. The molecule has 1 N–H and O–H groups in total. The van der Waals surface area contributed by atoms with Crippen molar-refractivity contribution in [2.45, 2.75) is 6.42 Å².